The van der Waals surface area contributed by atoms with Crippen LogP contribution in [0, 0.1) is 29.1 Å². The molecule has 3 rings (SSSR count). The van der Waals surface area contributed by atoms with Gasteiger partial charge in [-0.05, 0) is 98.7 Å². The Morgan fingerprint density at radius 1 is 0.936 bits per heavy atom. The highest BCUT2D eigenvalue weighted by Crippen LogP contribution is 2.44. The van der Waals surface area contributed by atoms with Crippen molar-refractivity contribution >= 4 is 23.6 Å². The Morgan fingerprint density at radius 2 is 1.57 bits per heavy atom. The molecule has 260 valence electrons. The molecule has 8 nitrogen and oxygen atoms in total. The standard InChI is InChI=1S/C39H60N4O4/c1-10-11-16-32(19-25(4)27(6)44)41-36(45)26(5)33-22-31(33)23-40-37(46)35(30-20-28-14-12-13-15-29(28)21-30)43-38(47)42-34(39(7,8)9)18-17-24(2)3/h12-15,26,30-35H,2,4,10-11,16-23H2,1,3,5-9H3,(H,40,46)(H,41,45)(H2,42,43,47)/t26?,31-,32?,33+,34?,35?/m0/s1. The largest absolute Gasteiger partial charge is 0.354 e. The van der Waals surface area contributed by atoms with E-state index in [9.17, 15) is 19.2 Å². The monoisotopic (exact) mass is 648 g/mol. The first-order chi connectivity index (χ1) is 22.1. The van der Waals surface area contributed by atoms with Crippen molar-refractivity contribution in [3.05, 3.63) is 59.7 Å². The van der Waals surface area contributed by atoms with Crippen molar-refractivity contribution in [1.82, 2.24) is 21.3 Å². The Balaban J connectivity index is 1.61. The van der Waals surface area contributed by atoms with Crippen LogP contribution in [0.5, 0.6) is 0 Å². The number of carbonyl (C=O) groups excluding carboxylic acids is 4. The molecule has 2 aliphatic carbocycles. The molecular formula is C39H60N4O4. The lowest BCUT2D eigenvalue weighted by molar-refractivity contribution is -0.126. The van der Waals surface area contributed by atoms with Gasteiger partial charge in [-0.3, -0.25) is 14.4 Å². The van der Waals surface area contributed by atoms with E-state index in [4.69, 9.17) is 0 Å². The Labute approximate surface area is 283 Å². The first-order valence-corrected chi connectivity index (χ1v) is 17.7. The number of hydrogen-bond acceptors (Lipinski definition) is 4. The average Bonchev–Trinajstić information content (AvgIpc) is 3.65. The molecule has 8 heteroatoms. The number of allylic oxidation sites excluding steroid dienone is 1. The first kappa shape index (κ1) is 38.0. The van der Waals surface area contributed by atoms with Crippen LogP contribution >= 0.6 is 0 Å². The molecule has 1 saturated carbocycles. The van der Waals surface area contributed by atoms with Crippen molar-refractivity contribution in [2.24, 2.45) is 29.1 Å². The molecule has 0 heterocycles. The second-order valence-electron chi connectivity index (χ2n) is 15.4. The third-order valence-corrected chi connectivity index (χ3v) is 10.1. The van der Waals surface area contributed by atoms with Crippen molar-refractivity contribution in [3.8, 4) is 0 Å². The molecule has 4 unspecified atom stereocenters. The number of fused-ring (bicyclic) bond motifs is 1. The fraction of sp³-hybridized carbons (Fsp3) is 0.641. The maximum absolute atomic E-state index is 13.8. The van der Waals surface area contributed by atoms with Crippen LogP contribution in [0.3, 0.4) is 0 Å². The van der Waals surface area contributed by atoms with Gasteiger partial charge in [0.05, 0.1) is 0 Å². The summed E-state index contributed by atoms with van der Waals surface area (Å²) in [4.78, 5) is 52.2. The van der Waals surface area contributed by atoms with Crippen LogP contribution in [0.25, 0.3) is 0 Å². The summed E-state index contributed by atoms with van der Waals surface area (Å²) in [5.74, 6) is -0.127. The zero-order valence-corrected chi connectivity index (χ0v) is 30.0. The van der Waals surface area contributed by atoms with Crippen LogP contribution in [0.2, 0.25) is 0 Å². The Morgan fingerprint density at radius 3 is 2.13 bits per heavy atom. The van der Waals surface area contributed by atoms with Gasteiger partial charge in [-0.15, -0.1) is 6.58 Å². The molecule has 1 fully saturated rings. The Hall–Kier alpha value is -3.42. The predicted molar refractivity (Wildman–Crippen MR) is 190 cm³/mol. The van der Waals surface area contributed by atoms with Crippen LogP contribution in [0.1, 0.15) is 105 Å². The quantitative estimate of drug-likeness (QED) is 0.108. The van der Waals surface area contributed by atoms with Crippen LogP contribution in [0.4, 0.5) is 4.79 Å². The number of hydrogen-bond donors (Lipinski definition) is 4. The highest BCUT2D eigenvalue weighted by atomic mass is 16.2. The molecule has 0 aliphatic heterocycles. The maximum atomic E-state index is 13.8. The molecule has 0 radical (unpaired) electrons. The molecule has 4 N–H and O–H groups in total. The highest BCUT2D eigenvalue weighted by Gasteiger charge is 2.44. The van der Waals surface area contributed by atoms with Crippen LogP contribution < -0.4 is 21.3 Å². The lowest BCUT2D eigenvalue weighted by Gasteiger charge is -2.33. The number of unbranched alkanes of at least 4 members (excludes halogenated alkanes) is 1. The van der Waals surface area contributed by atoms with Crippen molar-refractivity contribution in [3.63, 3.8) is 0 Å². The molecule has 47 heavy (non-hydrogen) atoms. The lowest BCUT2D eigenvalue weighted by Crippen LogP contribution is -2.56. The summed E-state index contributed by atoms with van der Waals surface area (Å²) < 4.78 is 0. The van der Waals surface area contributed by atoms with Gasteiger partial charge in [-0.25, -0.2) is 4.79 Å². The molecule has 0 aromatic heterocycles. The van der Waals surface area contributed by atoms with Gasteiger partial charge in [-0.1, -0.05) is 83.9 Å². The van der Waals surface area contributed by atoms with E-state index in [1.807, 2.05) is 26.0 Å². The van der Waals surface area contributed by atoms with E-state index < -0.39 is 6.04 Å². The minimum atomic E-state index is -0.684. The molecule has 6 atom stereocenters. The van der Waals surface area contributed by atoms with Crippen LogP contribution in [0.15, 0.2) is 48.6 Å². The topological polar surface area (TPSA) is 116 Å². The van der Waals surface area contributed by atoms with Crippen LogP contribution in [-0.4, -0.2) is 48.3 Å². The molecule has 4 amide bonds. The van der Waals surface area contributed by atoms with Gasteiger partial charge in [0.2, 0.25) is 11.8 Å². The molecule has 1 aromatic carbocycles. The number of amides is 4. The summed E-state index contributed by atoms with van der Waals surface area (Å²) in [7, 11) is 0. The summed E-state index contributed by atoms with van der Waals surface area (Å²) in [5, 5.41) is 12.5. The fourth-order valence-corrected chi connectivity index (χ4v) is 6.78. The summed E-state index contributed by atoms with van der Waals surface area (Å²) in [6.07, 6.45) is 7.16. The summed E-state index contributed by atoms with van der Waals surface area (Å²) >= 11 is 0. The molecule has 2 aliphatic rings. The van der Waals surface area contributed by atoms with Gasteiger partial charge < -0.3 is 21.3 Å². The van der Waals surface area contributed by atoms with Crippen molar-refractivity contribution in [2.45, 2.75) is 124 Å². The van der Waals surface area contributed by atoms with Gasteiger partial charge in [0.25, 0.3) is 0 Å². The number of rotatable bonds is 18. The van der Waals surface area contributed by atoms with Gasteiger partial charge in [0.15, 0.2) is 5.78 Å². The zero-order valence-electron chi connectivity index (χ0n) is 30.0. The zero-order chi connectivity index (χ0) is 34.9. The van der Waals surface area contributed by atoms with Gasteiger partial charge in [0, 0.05) is 24.5 Å². The second-order valence-corrected chi connectivity index (χ2v) is 15.4. The number of nitrogens with one attached hydrogen (secondary N) is 4. The van der Waals surface area contributed by atoms with Gasteiger partial charge in [0.1, 0.15) is 6.04 Å². The minimum absolute atomic E-state index is 0.0127. The van der Waals surface area contributed by atoms with E-state index in [1.54, 1.807) is 0 Å². The third kappa shape index (κ3) is 11.7. The summed E-state index contributed by atoms with van der Waals surface area (Å²) in [6, 6.07) is 7.03. The van der Waals surface area contributed by atoms with E-state index in [-0.39, 0.29) is 64.8 Å². The highest BCUT2D eigenvalue weighted by molar-refractivity contribution is 5.92. The molecule has 1 aromatic rings. The SMILES string of the molecule is C=C(C)CCC(NC(=O)NC(C(=O)NC[C@@H]1C[C@@H]1C(C)C(=O)NC(CCCC)CC(=C)C(C)=O)C1Cc2ccccc2C1)C(C)(C)C. The van der Waals surface area contributed by atoms with E-state index in [1.165, 1.54) is 18.1 Å². The maximum Gasteiger partial charge on any atom is 0.315 e. The van der Waals surface area contributed by atoms with E-state index >= 15 is 0 Å². The van der Waals surface area contributed by atoms with Crippen molar-refractivity contribution < 1.29 is 19.2 Å². The normalized spacial score (nSPS) is 19.8. The Bertz CT molecular complexity index is 1270. The number of urea groups is 1. The molecule has 0 saturated heterocycles. The smallest absolute Gasteiger partial charge is 0.315 e. The number of carbonyl (C=O) groups is 4. The third-order valence-electron chi connectivity index (χ3n) is 10.1. The van der Waals surface area contributed by atoms with Gasteiger partial charge in [-0.2, -0.15) is 0 Å². The lowest BCUT2D eigenvalue weighted by atomic mass is 9.83. The molecular weight excluding hydrogens is 588 g/mol. The van der Waals surface area contributed by atoms with E-state index in [0.29, 0.717) is 18.5 Å². The minimum Gasteiger partial charge on any atom is -0.354 e. The van der Waals surface area contributed by atoms with Gasteiger partial charge >= 0.3 is 6.03 Å². The average molecular weight is 649 g/mol. The van der Waals surface area contributed by atoms with Crippen LogP contribution in [-0.2, 0) is 27.2 Å². The fourth-order valence-electron chi connectivity index (χ4n) is 6.78. The van der Waals surface area contributed by atoms with Crippen molar-refractivity contribution in [1.29, 1.82) is 0 Å². The number of benzene rings is 1. The second kappa shape index (κ2) is 17.1. The van der Waals surface area contributed by atoms with E-state index in [2.05, 4.69) is 74.3 Å². The summed E-state index contributed by atoms with van der Waals surface area (Å²) in [5.41, 5.74) is 3.89. The number of Topliss-reactive ketones (excluding diaryl/α,β-unsaturated/α-hetero) is 1. The number of ketones is 1. The summed E-state index contributed by atoms with van der Waals surface area (Å²) in [6.45, 7) is 22.3. The predicted octanol–water partition coefficient (Wildman–Crippen LogP) is 6.44. The van der Waals surface area contributed by atoms with Crippen molar-refractivity contribution in [2.75, 3.05) is 6.54 Å². The molecule has 0 bridgehead atoms. The Kier molecular flexibility index (Phi) is 13.9. The first-order valence-electron chi connectivity index (χ1n) is 17.7. The van der Waals surface area contributed by atoms with E-state index in [0.717, 1.165) is 56.9 Å². The molecule has 0 spiro atoms.